The number of carbonyl (C=O) groups excluding carboxylic acids is 2. The van der Waals surface area contributed by atoms with Crippen LogP contribution in [0.3, 0.4) is 0 Å². The Kier molecular flexibility index (Phi) is 7.12. The molecule has 1 aliphatic heterocycles. The zero-order valence-corrected chi connectivity index (χ0v) is 15.8. The number of hydrogen-bond donors (Lipinski definition) is 1. The minimum absolute atomic E-state index is 0.0575. The fourth-order valence-electron chi connectivity index (χ4n) is 2.55. The summed E-state index contributed by atoms with van der Waals surface area (Å²) in [5.41, 5.74) is 0.387. The predicted octanol–water partition coefficient (Wildman–Crippen LogP) is 1.75. The summed E-state index contributed by atoms with van der Waals surface area (Å²) in [5, 5.41) is 13.8. The number of anilines is 1. The smallest absolute Gasteiger partial charge is 0.341 e. The molecule has 1 saturated heterocycles. The van der Waals surface area contributed by atoms with Gasteiger partial charge in [-0.1, -0.05) is 13.8 Å². The van der Waals surface area contributed by atoms with E-state index in [4.69, 9.17) is 9.47 Å². The highest BCUT2D eigenvalue weighted by molar-refractivity contribution is 5.97. The lowest BCUT2D eigenvalue weighted by molar-refractivity contribution is -0.384. The number of benzene rings is 1. The number of non-ortho nitro benzene ring substituents is 1. The van der Waals surface area contributed by atoms with Gasteiger partial charge in [-0.2, -0.15) is 0 Å². The predicted molar refractivity (Wildman–Crippen MR) is 98.9 cm³/mol. The number of ether oxygens (including phenoxy) is 2. The van der Waals surface area contributed by atoms with Crippen LogP contribution in [0.5, 0.6) is 0 Å². The third-order valence-electron chi connectivity index (χ3n) is 4.49. The van der Waals surface area contributed by atoms with E-state index in [1.165, 1.54) is 18.2 Å². The van der Waals surface area contributed by atoms with Gasteiger partial charge in [0.2, 0.25) is 0 Å². The molecule has 1 aromatic rings. The third kappa shape index (κ3) is 5.65. The van der Waals surface area contributed by atoms with Crippen molar-refractivity contribution in [3.8, 4) is 0 Å². The highest BCUT2D eigenvalue weighted by atomic mass is 16.6. The summed E-state index contributed by atoms with van der Waals surface area (Å²) in [4.78, 5) is 36.9. The molecule has 2 rings (SSSR count). The van der Waals surface area contributed by atoms with Gasteiger partial charge in [0, 0.05) is 31.3 Å². The van der Waals surface area contributed by atoms with Crippen LogP contribution in [0, 0.1) is 16.0 Å². The minimum Gasteiger partial charge on any atom is -0.452 e. The summed E-state index contributed by atoms with van der Waals surface area (Å²) < 4.78 is 10.4. The Morgan fingerprint density at radius 2 is 1.96 bits per heavy atom. The number of nitrogens with zero attached hydrogens (tertiary/aromatic N) is 2. The van der Waals surface area contributed by atoms with E-state index in [0.29, 0.717) is 32.0 Å². The van der Waals surface area contributed by atoms with Crippen molar-refractivity contribution >= 4 is 23.3 Å². The average Bonchev–Trinajstić information content (AvgIpc) is 2.66. The van der Waals surface area contributed by atoms with E-state index in [2.05, 4.69) is 5.32 Å². The van der Waals surface area contributed by atoms with E-state index >= 15 is 0 Å². The van der Waals surface area contributed by atoms with E-state index in [-0.39, 0.29) is 23.2 Å². The highest BCUT2D eigenvalue weighted by Gasteiger charge is 2.23. The molecule has 1 aromatic carbocycles. The highest BCUT2D eigenvalue weighted by Crippen LogP contribution is 2.27. The lowest BCUT2D eigenvalue weighted by Gasteiger charge is -2.30. The molecule has 27 heavy (non-hydrogen) atoms. The van der Waals surface area contributed by atoms with Gasteiger partial charge < -0.3 is 19.7 Å². The topological polar surface area (TPSA) is 111 Å². The number of nitrogens with one attached hydrogen (secondary N) is 1. The van der Waals surface area contributed by atoms with Crippen LogP contribution >= 0.6 is 0 Å². The van der Waals surface area contributed by atoms with Crippen molar-refractivity contribution in [3.05, 3.63) is 33.9 Å². The van der Waals surface area contributed by atoms with Gasteiger partial charge in [0.15, 0.2) is 6.61 Å². The molecule has 1 aliphatic rings. The maximum atomic E-state index is 12.5. The molecule has 1 N–H and O–H groups in total. The van der Waals surface area contributed by atoms with Gasteiger partial charge in [-0.05, 0) is 18.9 Å². The first-order valence-electron chi connectivity index (χ1n) is 8.87. The van der Waals surface area contributed by atoms with Crippen LogP contribution in [0.1, 0.15) is 31.1 Å². The van der Waals surface area contributed by atoms with Crippen molar-refractivity contribution in [2.75, 3.05) is 37.8 Å². The standard InChI is InChI=1S/C18H25N3O6/c1-12(2)13(3)19-17(22)11-27-18(23)15-10-14(21(24)25)4-5-16(15)20-6-8-26-9-7-20/h4-5,10,12-13H,6-9,11H2,1-3H3,(H,19,22). The third-order valence-corrected chi connectivity index (χ3v) is 4.49. The van der Waals surface area contributed by atoms with Gasteiger partial charge in [0.05, 0.1) is 29.4 Å². The molecule has 9 heteroatoms. The summed E-state index contributed by atoms with van der Waals surface area (Å²) in [5.74, 6) is -0.940. The lowest BCUT2D eigenvalue weighted by Crippen LogP contribution is -2.39. The Morgan fingerprint density at radius 3 is 2.56 bits per heavy atom. The molecule has 0 spiro atoms. The van der Waals surface area contributed by atoms with Crippen molar-refractivity contribution in [3.63, 3.8) is 0 Å². The summed E-state index contributed by atoms with van der Waals surface area (Å²) >= 11 is 0. The van der Waals surface area contributed by atoms with Crippen molar-refractivity contribution in [2.24, 2.45) is 5.92 Å². The van der Waals surface area contributed by atoms with Crippen molar-refractivity contribution < 1.29 is 24.0 Å². The maximum absolute atomic E-state index is 12.5. The monoisotopic (exact) mass is 379 g/mol. The minimum atomic E-state index is -0.771. The molecule has 1 amide bonds. The summed E-state index contributed by atoms with van der Waals surface area (Å²) in [7, 11) is 0. The lowest BCUT2D eigenvalue weighted by atomic mass is 10.1. The van der Waals surface area contributed by atoms with E-state index < -0.39 is 23.4 Å². The molecule has 148 valence electrons. The number of nitro benzene ring substituents is 1. The van der Waals surface area contributed by atoms with Crippen LogP contribution in [-0.4, -0.2) is 55.8 Å². The molecule has 0 aliphatic carbocycles. The van der Waals surface area contributed by atoms with E-state index in [0.717, 1.165) is 0 Å². The van der Waals surface area contributed by atoms with Crippen LogP contribution in [0.15, 0.2) is 18.2 Å². The summed E-state index contributed by atoms with van der Waals surface area (Å²) in [6.45, 7) is 7.48. The first-order valence-corrected chi connectivity index (χ1v) is 8.87. The van der Waals surface area contributed by atoms with Crippen LogP contribution in [0.25, 0.3) is 0 Å². The van der Waals surface area contributed by atoms with Crippen LogP contribution in [0.4, 0.5) is 11.4 Å². The van der Waals surface area contributed by atoms with E-state index in [1.807, 2.05) is 25.7 Å². The number of rotatable bonds is 7. The van der Waals surface area contributed by atoms with Gasteiger partial charge >= 0.3 is 5.97 Å². The summed E-state index contributed by atoms with van der Waals surface area (Å²) in [6, 6.07) is 4.00. The average molecular weight is 379 g/mol. The zero-order valence-electron chi connectivity index (χ0n) is 15.8. The van der Waals surface area contributed by atoms with Gasteiger partial charge in [-0.25, -0.2) is 4.79 Å². The normalized spacial score (nSPS) is 15.3. The maximum Gasteiger partial charge on any atom is 0.341 e. The van der Waals surface area contributed by atoms with Gasteiger partial charge in [0.1, 0.15) is 0 Å². The van der Waals surface area contributed by atoms with E-state index in [9.17, 15) is 19.7 Å². The van der Waals surface area contributed by atoms with E-state index in [1.54, 1.807) is 0 Å². The molecule has 1 atom stereocenters. The Labute approximate surface area is 157 Å². The molecular formula is C18H25N3O6. The van der Waals surface area contributed by atoms with Crippen LogP contribution < -0.4 is 10.2 Å². The zero-order chi connectivity index (χ0) is 20.0. The molecule has 0 aromatic heterocycles. The molecular weight excluding hydrogens is 354 g/mol. The number of esters is 1. The van der Waals surface area contributed by atoms with Crippen molar-refractivity contribution in [1.82, 2.24) is 5.32 Å². The molecule has 0 saturated carbocycles. The molecule has 1 heterocycles. The largest absolute Gasteiger partial charge is 0.452 e. The SMILES string of the molecule is CC(C)C(C)NC(=O)COC(=O)c1cc([N+](=O)[O-])ccc1N1CCOCC1. The summed E-state index contributed by atoms with van der Waals surface area (Å²) in [6.07, 6.45) is 0. The fraction of sp³-hybridized carbons (Fsp3) is 0.556. The number of carbonyl (C=O) groups is 2. The molecule has 1 unspecified atom stereocenters. The quantitative estimate of drug-likeness (QED) is 0.436. The first-order chi connectivity index (χ1) is 12.8. The number of amides is 1. The Balaban J connectivity index is 2.13. The molecule has 1 fully saturated rings. The van der Waals surface area contributed by atoms with Crippen molar-refractivity contribution in [2.45, 2.75) is 26.8 Å². The second-order valence-electron chi connectivity index (χ2n) is 6.73. The number of hydrogen-bond acceptors (Lipinski definition) is 7. The van der Waals surface area contributed by atoms with Crippen LogP contribution in [-0.2, 0) is 14.3 Å². The fourth-order valence-corrected chi connectivity index (χ4v) is 2.55. The Hall–Kier alpha value is -2.68. The Morgan fingerprint density at radius 1 is 1.30 bits per heavy atom. The van der Waals surface area contributed by atoms with Crippen molar-refractivity contribution in [1.29, 1.82) is 0 Å². The van der Waals surface area contributed by atoms with Crippen LogP contribution in [0.2, 0.25) is 0 Å². The van der Waals surface area contributed by atoms with Gasteiger partial charge in [0.25, 0.3) is 11.6 Å². The molecule has 0 radical (unpaired) electrons. The second-order valence-corrected chi connectivity index (χ2v) is 6.73. The van der Waals surface area contributed by atoms with Gasteiger partial charge in [-0.3, -0.25) is 14.9 Å². The Bertz CT molecular complexity index is 700. The number of nitro groups is 1. The van der Waals surface area contributed by atoms with Gasteiger partial charge in [-0.15, -0.1) is 0 Å². The second kappa shape index (κ2) is 9.31. The first kappa shape index (κ1) is 20.6. The molecule has 0 bridgehead atoms. The molecule has 9 nitrogen and oxygen atoms in total. The number of morpholine rings is 1.